The second kappa shape index (κ2) is 7.91. The Kier molecular flexibility index (Phi) is 6.22. The van der Waals surface area contributed by atoms with E-state index in [9.17, 15) is 4.79 Å². The first-order valence-corrected chi connectivity index (χ1v) is 6.16. The highest BCUT2D eigenvalue weighted by Gasteiger charge is 2.06. The van der Waals surface area contributed by atoms with E-state index in [1.54, 1.807) is 12.1 Å². The zero-order valence-electron chi connectivity index (χ0n) is 10.7. The highest BCUT2D eigenvalue weighted by Crippen LogP contribution is 2.22. The molecule has 2 rings (SSSR count). The molecular weight excluding hydrogens is 315 g/mol. The van der Waals surface area contributed by atoms with Crippen LogP contribution in [-0.2, 0) is 0 Å². The summed E-state index contributed by atoms with van der Waals surface area (Å²) in [5.41, 5.74) is -0.118. The first-order chi connectivity index (χ1) is 10.0. The van der Waals surface area contributed by atoms with Gasteiger partial charge in [0.1, 0.15) is 34.2 Å². The van der Waals surface area contributed by atoms with Crippen LogP contribution in [0, 0.1) is 22.7 Å². The van der Waals surface area contributed by atoms with E-state index in [1.807, 2.05) is 6.07 Å². The minimum atomic E-state index is -0.355. The van der Waals surface area contributed by atoms with Gasteiger partial charge in [0.25, 0.3) is 0 Å². The van der Waals surface area contributed by atoms with Crippen LogP contribution < -0.4 is 10.2 Å². The van der Waals surface area contributed by atoms with Crippen LogP contribution >= 0.6 is 23.2 Å². The third-order valence-corrected chi connectivity index (χ3v) is 2.81. The molecule has 106 valence electrons. The summed E-state index contributed by atoms with van der Waals surface area (Å²) in [5, 5.41) is 17.2. The van der Waals surface area contributed by atoms with Crippen LogP contribution in [0.25, 0.3) is 0 Å². The number of aromatic nitrogens is 2. The Hall–Kier alpha value is -2.54. The van der Waals surface area contributed by atoms with Gasteiger partial charge in [0.05, 0.1) is 7.11 Å². The van der Waals surface area contributed by atoms with E-state index < -0.39 is 0 Å². The summed E-state index contributed by atoms with van der Waals surface area (Å²) in [4.78, 5) is 17.0. The van der Waals surface area contributed by atoms with Crippen LogP contribution in [0.15, 0.2) is 29.3 Å². The molecule has 0 bridgehead atoms. The summed E-state index contributed by atoms with van der Waals surface area (Å²) in [6, 6.07) is 6.43. The van der Waals surface area contributed by atoms with E-state index in [-0.39, 0.29) is 26.9 Å². The Morgan fingerprint density at radius 2 is 1.90 bits per heavy atom. The quantitative estimate of drug-likeness (QED) is 0.812. The summed E-state index contributed by atoms with van der Waals surface area (Å²) in [5.74, 6) is 0.451. The van der Waals surface area contributed by atoms with Crippen molar-refractivity contribution in [1.82, 2.24) is 9.97 Å². The molecule has 0 amide bonds. The van der Waals surface area contributed by atoms with Crippen molar-refractivity contribution in [3.8, 4) is 17.9 Å². The number of nitriles is 2. The second-order valence-electron chi connectivity index (χ2n) is 3.43. The SMILES string of the molecule is COc1ccnc(Cl)c1C#N.N#Cc1c(Cl)[nH]ccc1=O. The Bertz CT molecular complexity index is 775. The zero-order chi connectivity index (χ0) is 15.8. The number of ether oxygens (including phenoxy) is 1. The first-order valence-electron chi connectivity index (χ1n) is 5.41. The fourth-order valence-corrected chi connectivity index (χ4v) is 1.64. The molecule has 0 fully saturated rings. The maximum atomic E-state index is 10.7. The van der Waals surface area contributed by atoms with Crippen LogP contribution in [0.3, 0.4) is 0 Å². The van der Waals surface area contributed by atoms with Crippen molar-refractivity contribution in [2.24, 2.45) is 0 Å². The Morgan fingerprint density at radius 1 is 1.24 bits per heavy atom. The number of rotatable bonds is 1. The summed E-state index contributed by atoms with van der Waals surface area (Å²) >= 11 is 11.0. The fourth-order valence-electron chi connectivity index (χ4n) is 1.25. The summed E-state index contributed by atoms with van der Waals surface area (Å²) in [6.45, 7) is 0. The third-order valence-electron chi connectivity index (χ3n) is 2.22. The molecule has 0 atom stereocenters. The normalized spacial score (nSPS) is 8.81. The molecule has 2 aromatic heterocycles. The van der Waals surface area contributed by atoms with Crippen molar-refractivity contribution in [2.45, 2.75) is 0 Å². The maximum Gasteiger partial charge on any atom is 0.200 e. The molecule has 0 aliphatic heterocycles. The Morgan fingerprint density at radius 3 is 2.33 bits per heavy atom. The van der Waals surface area contributed by atoms with Gasteiger partial charge in [-0.05, 0) is 6.07 Å². The average Bonchev–Trinajstić information content (AvgIpc) is 2.48. The number of pyridine rings is 2. The van der Waals surface area contributed by atoms with Gasteiger partial charge in [-0.1, -0.05) is 23.2 Å². The fraction of sp³-hybridized carbons (Fsp3) is 0.0769. The monoisotopic (exact) mass is 322 g/mol. The predicted octanol–water partition coefficient (Wildman–Crippen LogP) is 2.52. The minimum absolute atomic E-state index is 0.0378. The smallest absolute Gasteiger partial charge is 0.200 e. The standard InChI is InChI=1S/C7H5ClN2O.C6H3ClN2O/c1-11-6-2-3-10-7(8)5(6)4-9;7-6-4(3-8)5(10)1-2-9-6/h2-3H,1H3;1-2H,(H,9,10). The Balaban J connectivity index is 0.000000211. The van der Waals surface area contributed by atoms with E-state index in [1.165, 1.54) is 25.6 Å². The van der Waals surface area contributed by atoms with Crippen LogP contribution in [0.2, 0.25) is 10.3 Å². The molecule has 0 spiro atoms. The van der Waals surface area contributed by atoms with Gasteiger partial charge in [-0.15, -0.1) is 0 Å². The highest BCUT2D eigenvalue weighted by molar-refractivity contribution is 6.30. The number of halogens is 2. The van der Waals surface area contributed by atoms with Crippen molar-refractivity contribution in [2.75, 3.05) is 7.11 Å². The van der Waals surface area contributed by atoms with Gasteiger partial charge in [-0.3, -0.25) is 4.79 Å². The highest BCUT2D eigenvalue weighted by atomic mass is 35.5. The molecular formula is C13H8Cl2N4O2. The van der Waals surface area contributed by atoms with Crippen LogP contribution in [0.5, 0.6) is 5.75 Å². The molecule has 0 aliphatic carbocycles. The largest absolute Gasteiger partial charge is 0.495 e. The van der Waals surface area contributed by atoms with E-state index in [4.69, 9.17) is 38.5 Å². The molecule has 0 radical (unpaired) electrons. The van der Waals surface area contributed by atoms with Crippen LogP contribution in [0.4, 0.5) is 0 Å². The molecule has 8 heteroatoms. The molecule has 21 heavy (non-hydrogen) atoms. The summed E-state index contributed by atoms with van der Waals surface area (Å²) in [7, 11) is 1.48. The number of hydrogen-bond donors (Lipinski definition) is 1. The molecule has 2 aromatic rings. The van der Waals surface area contributed by atoms with Gasteiger partial charge in [0, 0.05) is 18.5 Å². The predicted molar refractivity (Wildman–Crippen MR) is 77.3 cm³/mol. The van der Waals surface area contributed by atoms with Crippen molar-refractivity contribution in [3.63, 3.8) is 0 Å². The minimum Gasteiger partial charge on any atom is -0.495 e. The maximum absolute atomic E-state index is 10.7. The topological polar surface area (TPSA) is 103 Å². The van der Waals surface area contributed by atoms with Crippen LogP contribution in [0.1, 0.15) is 11.1 Å². The molecule has 0 saturated carbocycles. The second-order valence-corrected chi connectivity index (χ2v) is 4.17. The van der Waals surface area contributed by atoms with Gasteiger partial charge in [-0.25, -0.2) is 4.98 Å². The molecule has 2 heterocycles. The number of nitrogens with zero attached hydrogens (tertiary/aromatic N) is 3. The number of aromatic amines is 1. The van der Waals surface area contributed by atoms with Crippen molar-refractivity contribution < 1.29 is 4.74 Å². The number of hydrogen-bond acceptors (Lipinski definition) is 5. The lowest BCUT2D eigenvalue weighted by Crippen LogP contribution is -2.04. The van der Waals surface area contributed by atoms with Gasteiger partial charge >= 0.3 is 0 Å². The summed E-state index contributed by atoms with van der Waals surface area (Å²) < 4.78 is 4.87. The van der Waals surface area contributed by atoms with Gasteiger partial charge in [0.2, 0.25) is 5.43 Å². The molecule has 0 aromatic carbocycles. The molecule has 0 unspecified atom stereocenters. The lowest BCUT2D eigenvalue weighted by atomic mass is 10.3. The average molecular weight is 323 g/mol. The van der Waals surface area contributed by atoms with E-state index >= 15 is 0 Å². The van der Waals surface area contributed by atoms with Crippen molar-refractivity contribution in [3.05, 3.63) is 56.2 Å². The van der Waals surface area contributed by atoms with E-state index in [0.717, 1.165) is 0 Å². The summed E-state index contributed by atoms with van der Waals surface area (Å²) in [6.07, 6.45) is 2.88. The van der Waals surface area contributed by atoms with Crippen molar-refractivity contribution in [1.29, 1.82) is 10.5 Å². The van der Waals surface area contributed by atoms with Crippen molar-refractivity contribution >= 4 is 23.2 Å². The number of methoxy groups -OCH3 is 1. The van der Waals surface area contributed by atoms with Crippen LogP contribution in [-0.4, -0.2) is 17.1 Å². The molecule has 0 saturated heterocycles. The molecule has 0 aliphatic rings. The Labute approximate surface area is 130 Å². The lowest BCUT2D eigenvalue weighted by Gasteiger charge is -2.00. The first kappa shape index (κ1) is 16.5. The van der Waals surface area contributed by atoms with E-state index in [2.05, 4.69) is 9.97 Å². The van der Waals surface area contributed by atoms with E-state index in [0.29, 0.717) is 5.75 Å². The number of nitrogens with one attached hydrogen (secondary N) is 1. The zero-order valence-corrected chi connectivity index (χ0v) is 12.2. The lowest BCUT2D eigenvalue weighted by molar-refractivity contribution is 0.413. The molecule has 6 nitrogen and oxygen atoms in total. The number of H-pyrrole nitrogens is 1. The molecule has 1 N–H and O–H groups in total. The third kappa shape index (κ3) is 4.22. The van der Waals surface area contributed by atoms with Gasteiger partial charge < -0.3 is 9.72 Å². The van der Waals surface area contributed by atoms with Gasteiger partial charge in [0.15, 0.2) is 5.15 Å². The van der Waals surface area contributed by atoms with Gasteiger partial charge in [-0.2, -0.15) is 10.5 Å².